The average molecular weight is 245 g/mol. The second-order valence-corrected chi connectivity index (χ2v) is 3.71. The highest BCUT2D eigenvalue weighted by Crippen LogP contribution is 2.35. The number of phenolic OH excluding ortho intramolecular Hbond substituents is 1. The van der Waals surface area contributed by atoms with E-state index in [9.17, 15) is 13.9 Å². The zero-order chi connectivity index (χ0) is 12.4. The number of morpholine rings is 1. The van der Waals surface area contributed by atoms with Crippen molar-refractivity contribution in [2.75, 3.05) is 26.8 Å². The maximum absolute atomic E-state index is 13.7. The molecule has 1 aliphatic rings. The van der Waals surface area contributed by atoms with Crippen molar-refractivity contribution in [3.63, 3.8) is 0 Å². The Balaban J connectivity index is 2.42. The minimum absolute atomic E-state index is 0.0907. The van der Waals surface area contributed by atoms with Crippen LogP contribution in [0.1, 0.15) is 11.7 Å². The summed E-state index contributed by atoms with van der Waals surface area (Å²) in [6.45, 7) is 1.53. The second kappa shape index (κ2) is 4.85. The highest BCUT2D eigenvalue weighted by atomic mass is 19.1. The van der Waals surface area contributed by atoms with Gasteiger partial charge in [0, 0.05) is 18.7 Å². The summed E-state index contributed by atoms with van der Waals surface area (Å²) >= 11 is 0. The third-order valence-corrected chi connectivity index (χ3v) is 2.67. The molecule has 0 amide bonds. The molecular weight excluding hydrogens is 232 g/mol. The summed E-state index contributed by atoms with van der Waals surface area (Å²) in [5.74, 6) is -3.34. The van der Waals surface area contributed by atoms with Crippen LogP contribution in [0, 0.1) is 11.6 Å². The Morgan fingerprint density at radius 3 is 2.82 bits per heavy atom. The molecule has 94 valence electrons. The summed E-state index contributed by atoms with van der Waals surface area (Å²) in [5, 5.41) is 12.3. The van der Waals surface area contributed by atoms with Crippen LogP contribution in [-0.4, -0.2) is 31.9 Å². The highest BCUT2D eigenvalue weighted by molar-refractivity contribution is 5.42. The molecule has 6 heteroatoms. The summed E-state index contributed by atoms with van der Waals surface area (Å²) in [7, 11) is 1.25. The largest absolute Gasteiger partial charge is 0.503 e. The van der Waals surface area contributed by atoms with Gasteiger partial charge in [-0.25, -0.2) is 4.39 Å². The number of aromatic hydroxyl groups is 1. The van der Waals surface area contributed by atoms with Crippen molar-refractivity contribution in [3.05, 3.63) is 23.3 Å². The summed E-state index contributed by atoms with van der Waals surface area (Å²) in [6.07, 6.45) is -0.552. The van der Waals surface area contributed by atoms with Crippen molar-refractivity contribution < 1.29 is 23.4 Å². The third-order valence-electron chi connectivity index (χ3n) is 2.67. The van der Waals surface area contributed by atoms with Gasteiger partial charge in [0.1, 0.15) is 0 Å². The lowest BCUT2D eigenvalue weighted by Gasteiger charge is -2.24. The van der Waals surface area contributed by atoms with Gasteiger partial charge in [0.05, 0.1) is 19.8 Å². The Hall–Kier alpha value is -1.40. The maximum atomic E-state index is 13.7. The van der Waals surface area contributed by atoms with E-state index in [0.29, 0.717) is 19.7 Å². The Morgan fingerprint density at radius 2 is 2.24 bits per heavy atom. The molecule has 1 saturated heterocycles. The Kier molecular flexibility index (Phi) is 3.44. The molecule has 0 spiro atoms. The number of nitrogens with one attached hydrogen (secondary N) is 1. The zero-order valence-electron chi connectivity index (χ0n) is 9.30. The van der Waals surface area contributed by atoms with E-state index in [1.165, 1.54) is 13.2 Å². The molecule has 1 heterocycles. The Labute approximate surface area is 97.2 Å². The number of phenols is 1. The number of ether oxygens (including phenoxy) is 2. The van der Waals surface area contributed by atoms with Gasteiger partial charge in [0.25, 0.3) is 0 Å². The second-order valence-electron chi connectivity index (χ2n) is 3.71. The molecule has 0 aromatic heterocycles. The van der Waals surface area contributed by atoms with Gasteiger partial charge in [-0.05, 0) is 6.07 Å². The first-order valence-corrected chi connectivity index (χ1v) is 5.22. The van der Waals surface area contributed by atoms with Crippen molar-refractivity contribution in [3.8, 4) is 11.5 Å². The minimum atomic E-state index is -1.10. The zero-order valence-corrected chi connectivity index (χ0v) is 9.30. The molecule has 2 N–H and O–H groups in total. The molecule has 1 atom stereocenters. The van der Waals surface area contributed by atoms with Gasteiger partial charge < -0.3 is 19.9 Å². The smallest absolute Gasteiger partial charge is 0.209 e. The van der Waals surface area contributed by atoms with Crippen LogP contribution in [0.25, 0.3) is 0 Å². The lowest BCUT2D eigenvalue weighted by atomic mass is 10.1. The molecule has 0 radical (unpaired) electrons. The molecular formula is C11H13F2NO3. The lowest BCUT2D eigenvalue weighted by Crippen LogP contribution is -2.33. The van der Waals surface area contributed by atoms with Gasteiger partial charge in [-0.3, -0.25) is 0 Å². The first-order chi connectivity index (χ1) is 8.15. The number of hydrogen-bond donors (Lipinski definition) is 2. The van der Waals surface area contributed by atoms with Gasteiger partial charge in [-0.15, -0.1) is 0 Å². The summed E-state index contributed by atoms with van der Waals surface area (Å²) in [4.78, 5) is 0. The van der Waals surface area contributed by atoms with Crippen LogP contribution >= 0.6 is 0 Å². The van der Waals surface area contributed by atoms with Gasteiger partial charge in [0.2, 0.25) is 5.82 Å². The van der Waals surface area contributed by atoms with E-state index in [2.05, 4.69) is 5.32 Å². The summed E-state index contributed by atoms with van der Waals surface area (Å²) < 4.78 is 37.1. The van der Waals surface area contributed by atoms with Crippen molar-refractivity contribution >= 4 is 0 Å². The molecule has 17 heavy (non-hydrogen) atoms. The predicted molar refractivity (Wildman–Crippen MR) is 56.1 cm³/mol. The minimum Gasteiger partial charge on any atom is -0.503 e. The molecule has 1 unspecified atom stereocenters. The van der Waals surface area contributed by atoms with Crippen molar-refractivity contribution in [1.29, 1.82) is 0 Å². The first-order valence-electron chi connectivity index (χ1n) is 5.22. The van der Waals surface area contributed by atoms with Crippen LogP contribution in [0.5, 0.6) is 11.5 Å². The van der Waals surface area contributed by atoms with E-state index >= 15 is 0 Å². The predicted octanol–water partition coefficient (Wildman–Crippen LogP) is 1.34. The van der Waals surface area contributed by atoms with Crippen LogP contribution in [0.2, 0.25) is 0 Å². The molecule has 4 nitrogen and oxygen atoms in total. The van der Waals surface area contributed by atoms with Crippen molar-refractivity contribution in [2.24, 2.45) is 0 Å². The molecule has 2 rings (SSSR count). The molecule has 0 saturated carbocycles. The molecule has 1 fully saturated rings. The fourth-order valence-electron chi connectivity index (χ4n) is 1.77. The van der Waals surface area contributed by atoms with Gasteiger partial charge >= 0.3 is 0 Å². The monoisotopic (exact) mass is 245 g/mol. The van der Waals surface area contributed by atoms with Crippen molar-refractivity contribution in [1.82, 2.24) is 5.32 Å². The number of methoxy groups -OCH3 is 1. The fourth-order valence-corrected chi connectivity index (χ4v) is 1.77. The Bertz CT molecular complexity index is 420. The third kappa shape index (κ3) is 2.18. The molecule has 0 bridgehead atoms. The molecule has 1 aliphatic heterocycles. The number of hydrogen-bond acceptors (Lipinski definition) is 4. The molecule has 1 aromatic carbocycles. The lowest BCUT2D eigenvalue weighted by molar-refractivity contribution is 0.0250. The summed E-state index contributed by atoms with van der Waals surface area (Å²) in [5.41, 5.74) is 0.0907. The first kappa shape index (κ1) is 12.1. The molecule has 1 aromatic rings. The Morgan fingerprint density at radius 1 is 1.47 bits per heavy atom. The number of benzene rings is 1. The van der Waals surface area contributed by atoms with E-state index in [0.717, 1.165) is 0 Å². The topological polar surface area (TPSA) is 50.7 Å². The van der Waals surface area contributed by atoms with E-state index in [4.69, 9.17) is 9.47 Å². The van der Waals surface area contributed by atoms with Gasteiger partial charge in [-0.1, -0.05) is 0 Å². The summed E-state index contributed by atoms with van der Waals surface area (Å²) in [6, 6.07) is 1.21. The molecule has 0 aliphatic carbocycles. The average Bonchev–Trinajstić information content (AvgIpc) is 2.37. The van der Waals surface area contributed by atoms with Crippen LogP contribution in [-0.2, 0) is 4.74 Å². The standard InChI is InChI=1S/C11H13F2NO3/c1-16-7-4-6(8-5-14-2-3-17-8)9(12)11(15)10(7)13/h4,8,14-15H,2-3,5H2,1H3. The SMILES string of the molecule is COc1cc(C2CNCCO2)c(F)c(O)c1F. The highest BCUT2D eigenvalue weighted by Gasteiger charge is 2.25. The van der Waals surface area contributed by atoms with E-state index in [1.54, 1.807) is 0 Å². The normalized spacial score (nSPS) is 20.3. The van der Waals surface area contributed by atoms with E-state index in [-0.39, 0.29) is 11.3 Å². The van der Waals surface area contributed by atoms with Gasteiger partial charge in [-0.2, -0.15) is 4.39 Å². The van der Waals surface area contributed by atoms with Gasteiger partial charge in [0.15, 0.2) is 17.3 Å². The van der Waals surface area contributed by atoms with Crippen LogP contribution < -0.4 is 10.1 Å². The number of halogens is 2. The fraction of sp³-hybridized carbons (Fsp3) is 0.455. The van der Waals surface area contributed by atoms with Crippen LogP contribution in [0.15, 0.2) is 6.07 Å². The number of rotatable bonds is 2. The van der Waals surface area contributed by atoms with E-state index < -0.39 is 23.5 Å². The van der Waals surface area contributed by atoms with Crippen LogP contribution in [0.3, 0.4) is 0 Å². The quantitative estimate of drug-likeness (QED) is 0.825. The maximum Gasteiger partial charge on any atom is 0.209 e. The van der Waals surface area contributed by atoms with Crippen LogP contribution in [0.4, 0.5) is 8.78 Å². The van der Waals surface area contributed by atoms with Crippen molar-refractivity contribution in [2.45, 2.75) is 6.10 Å². The van der Waals surface area contributed by atoms with E-state index in [1.807, 2.05) is 0 Å².